The summed E-state index contributed by atoms with van der Waals surface area (Å²) in [7, 11) is 1.26. The van der Waals surface area contributed by atoms with Gasteiger partial charge < -0.3 is 20.7 Å². The molecule has 0 aliphatic heterocycles. The van der Waals surface area contributed by atoms with Gasteiger partial charge in [0.05, 0.1) is 24.0 Å². The number of nitro benzene ring substituents is 1. The summed E-state index contributed by atoms with van der Waals surface area (Å²) >= 11 is 0. The largest absolute Gasteiger partial charge is 0.504 e. The number of nitro groups is 1. The third-order valence-corrected chi connectivity index (χ3v) is 3.63. The predicted octanol–water partition coefficient (Wildman–Crippen LogP) is 2.30. The van der Waals surface area contributed by atoms with Crippen LogP contribution in [0.3, 0.4) is 0 Å². The van der Waals surface area contributed by atoms with Crippen LogP contribution in [0.5, 0.6) is 11.5 Å². The number of carboxylic acid groups (broad SMARTS) is 1. The quantitative estimate of drug-likeness (QED) is 0.419. The third-order valence-electron chi connectivity index (χ3n) is 3.63. The molecule has 0 heterocycles. The van der Waals surface area contributed by atoms with Crippen molar-refractivity contribution in [3.05, 3.63) is 57.6 Å². The summed E-state index contributed by atoms with van der Waals surface area (Å²) in [5.74, 6) is -2.52. The van der Waals surface area contributed by atoms with Gasteiger partial charge in [0.25, 0.3) is 5.69 Å². The number of carbonyl (C=O) groups is 1. The Labute approximate surface area is 137 Å². The summed E-state index contributed by atoms with van der Waals surface area (Å²) in [4.78, 5) is 22.0. The Kier molecular flexibility index (Phi) is 4.88. The molecule has 0 fully saturated rings. The first kappa shape index (κ1) is 17.1. The maximum absolute atomic E-state index is 11.6. The van der Waals surface area contributed by atoms with Gasteiger partial charge in [-0.25, -0.2) is 0 Å². The zero-order valence-corrected chi connectivity index (χ0v) is 12.8. The van der Waals surface area contributed by atoms with E-state index in [4.69, 9.17) is 10.5 Å². The average Bonchev–Trinajstić information content (AvgIpc) is 2.54. The number of aromatic hydroxyl groups is 1. The highest BCUT2D eigenvalue weighted by atomic mass is 16.6. The van der Waals surface area contributed by atoms with Gasteiger partial charge in [0.15, 0.2) is 11.5 Å². The van der Waals surface area contributed by atoms with E-state index in [0.29, 0.717) is 11.3 Å². The van der Waals surface area contributed by atoms with Gasteiger partial charge in [-0.1, -0.05) is 12.1 Å². The Bertz CT molecular complexity index is 773. The molecule has 4 N–H and O–H groups in total. The number of phenolic OH excluding ortho intramolecular Hbond substituents is 1. The van der Waals surface area contributed by atoms with Crippen molar-refractivity contribution in [2.24, 2.45) is 0 Å². The minimum atomic E-state index is -1.12. The summed E-state index contributed by atoms with van der Waals surface area (Å²) in [6, 6.07) is 8.50. The van der Waals surface area contributed by atoms with Crippen molar-refractivity contribution in [2.75, 3.05) is 12.8 Å². The molecule has 126 valence electrons. The number of phenols is 1. The fraction of sp³-hybridized carbons (Fsp3) is 0.188. The van der Waals surface area contributed by atoms with Crippen molar-refractivity contribution in [3.63, 3.8) is 0 Å². The molecule has 2 aromatic rings. The molecule has 8 nitrogen and oxygen atoms in total. The molecule has 2 aromatic carbocycles. The van der Waals surface area contributed by atoms with E-state index in [0.717, 1.165) is 12.1 Å². The van der Waals surface area contributed by atoms with Crippen LogP contribution in [0.15, 0.2) is 36.4 Å². The van der Waals surface area contributed by atoms with Crippen LogP contribution in [0.4, 0.5) is 11.4 Å². The molecule has 1 unspecified atom stereocenters. The van der Waals surface area contributed by atoms with Gasteiger partial charge in [0, 0.05) is 17.3 Å². The van der Waals surface area contributed by atoms with Gasteiger partial charge in [0.2, 0.25) is 0 Å². The van der Waals surface area contributed by atoms with Crippen LogP contribution < -0.4 is 10.5 Å². The number of ether oxygens (including phenoxy) is 1. The Balaban J connectivity index is 2.46. The van der Waals surface area contributed by atoms with Crippen LogP contribution in [0.1, 0.15) is 17.0 Å². The van der Waals surface area contributed by atoms with E-state index >= 15 is 0 Å². The summed E-state index contributed by atoms with van der Waals surface area (Å²) in [5.41, 5.74) is 6.38. The molecule has 0 aromatic heterocycles. The van der Waals surface area contributed by atoms with Crippen LogP contribution in [0, 0.1) is 10.1 Å². The van der Waals surface area contributed by atoms with Crippen LogP contribution in [0.25, 0.3) is 0 Å². The van der Waals surface area contributed by atoms with E-state index in [1.54, 1.807) is 24.3 Å². The Morgan fingerprint density at radius 2 is 1.96 bits per heavy atom. The molecular weight excluding hydrogens is 316 g/mol. The number of carboxylic acids is 1. The van der Waals surface area contributed by atoms with E-state index in [1.807, 2.05) is 0 Å². The number of non-ortho nitro benzene ring substituents is 1. The Morgan fingerprint density at radius 3 is 2.46 bits per heavy atom. The molecular formula is C16H16N2O6. The number of rotatable bonds is 6. The van der Waals surface area contributed by atoms with Crippen LogP contribution in [-0.4, -0.2) is 28.2 Å². The Hall–Kier alpha value is -3.29. The molecule has 2 rings (SSSR count). The third kappa shape index (κ3) is 3.54. The fourth-order valence-corrected chi connectivity index (χ4v) is 2.36. The molecule has 0 saturated carbocycles. The van der Waals surface area contributed by atoms with E-state index < -0.39 is 16.8 Å². The van der Waals surface area contributed by atoms with Gasteiger partial charge in [-0.05, 0) is 24.1 Å². The summed E-state index contributed by atoms with van der Waals surface area (Å²) in [6.45, 7) is 0. The summed E-state index contributed by atoms with van der Waals surface area (Å²) in [5, 5.41) is 30.6. The number of aliphatic carboxylic acids is 1. The molecule has 8 heteroatoms. The van der Waals surface area contributed by atoms with Crippen molar-refractivity contribution in [3.8, 4) is 11.5 Å². The molecule has 0 amide bonds. The number of benzene rings is 2. The second-order valence-corrected chi connectivity index (χ2v) is 5.17. The van der Waals surface area contributed by atoms with Crippen LogP contribution in [-0.2, 0) is 11.2 Å². The van der Waals surface area contributed by atoms with Gasteiger partial charge >= 0.3 is 5.97 Å². The monoisotopic (exact) mass is 332 g/mol. The molecule has 24 heavy (non-hydrogen) atoms. The molecule has 1 atom stereocenters. The molecule has 0 aliphatic rings. The summed E-state index contributed by atoms with van der Waals surface area (Å²) < 4.78 is 4.92. The lowest BCUT2D eigenvalue weighted by Gasteiger charge is -2.15. The molecule has 0 radical (unpaired) electrons. The first-order chi connectivity index (χ1) is 11.3. The topological polar surface area (TPSA) is 136 Å². The second kappa shape index (κ2) is 6.86. The number of nitrogens with two attached hydrogens (primary N) is 1. The van der Waals surface area contributed by atoms with E-state index in [1.165, 1.54) is 7.11 Å². The minimum Gasteiger partial charge on any atom is -0.504 e. The van der Waals surface area contributed by atoms with Crippen LogP contribution in [0.2, 0.25) is 0 Å². The van der Waals surface area contributed by atoms with Crippen molar-refractivity contribution in [1.29, 1.82) is 0 Å². The minimum absolute atomic E-state index is 0.0827. The van der Waals surface area contributed by atoms with Crippen molar-refractivity contribution in [2.45, 2.75) is 12.3 Å². The summed E-state index contributed by atoms with van der Waals surface area (Å²) in [6.07, 6.45) is -0.136. The highest BCUT2D eigenvalue weighted by Crippen LogP contribution is 2.37. The standard InChI is InChI=1S/C16H16N2O6/c1-24-14-8-12(18(22)23)6-10(15(14)19)7-13(16(20)21)9-2-4-11(17)5-3-9/h2-6,8,13,19H,7,17H2,1H3,(H,20,21). The first-order valence-corrected chi connectivity index (χ1v) is 6.96. The molecule has 0 bridgehead atoms. The first-order valence-electron chi connectivity index (χ1n) is 6.96. The van der Waals surface area contributed by atoms with Gasteiger partial charge in [-0.2, -0.15) is 0 Å². The smallest absolute Gasteiger partial charge is 0.311 e. The normalized spacial score (nSPS) is 11.7. The van der Waals surface area contributed by atoms with Crippen molar-refractivity contribution < 1.29 is 24.7 Å². The number of hydrogen-bond acceptors (Lipinski definition) is 6. The van der Waals surface area contributed by atoms with Gasteiger partial charge in [0.1, 0.15) is 0 Å². The maximum atomic E-state index is 11.6. The second-order valence-electron chi connectivity index (χ2n) is 5.17. The lowest BCUT2D eigenvalue weighted by molar-refractivity contribution is -0.385. The SMILES string of the molecule is COc1cc([N+](=O)[O-])cc(CC(C(=O)O)c2ccc(N)cc2)c1O. The van der Waals surface area contributed by atoms with Gasteiger partial charge in [-0.3, -0.25) is 14.9 Å². The lowest BCUT2D eigenvalue weighted by Crippen LogP contribution is -2.15. The number of nitrogen functional groups attached to an aromatic ring is 1. The fourth-order valence-electron chi connectivity index (χ4n) is 2.36. The molecule has 0 spiro atoms. The average molecular weight is 332 g/mol. The highest BCUT2D eigenvalue weighted by molar-refractivity contribution is 5.77. The van der Waals surface area contributed by atoms with E-state index in [-0.39, 0.29) is 29.2 Å². The van der Waals surface area contributed by atoms with Gasteiger partial charge in [-0.15, -0.1) is 0 Å². The Morgan fingerprint density at radius 1 is 1.33 bits per heavy atom. The zero-order valence-electron chi connectivity index (χ0n) is 12.8. The number of hydrogen-bond donors (Lipinski definition) is 3. The number of methoxy groups -OCH3 is 1. The predicted molar refractivity (Wildman–Crippen MR) is 86.2 cm³/mol. The van der Waals surface area contributed by atoms with Crippen molar-refractivity contribution in [1.82, 2.24) is 0 Å². The lowest BCUT2D eigenvalue weighted by atomic mass is 9.91. The van der Waals surface area contributed by atoms with Crippen molar-refractivity contribution >= 4 is 17.3 Å². The molecule has 0 aliphatic carbocycles. The maximum Gasteiger partial charge on any atom is 0.311 e. The molecule has 0 saturated heterocycles. The van der Waals surface area contributed by atoms with E-state index in [9.17, 15) is 25.1 Å². The van der Waals surface area contributed by atoms with Crippen LogP contribution >= 0.6 is 0 Å². The zero-order chi connectivity index (χ0) is 17.9. The number of nitrogens with zero attached hydrogens (tertiary/aromatic N) is 1. The van der Waals surface area contributed by atoms with E-state index in [2.05, 4.69) is 0 Å². The highest BCUT2D eigenvalue weighted by Gasteiger charge is 2.25. The number of anilines is 1.